The van der Waals surface area contributed by atoms with Crippen LogP contribution in [0.1, 0.15) is 58.1 Å². The molecule has 3 aliphatic rings. The molecule has 2 aliphatic heterocycles. The van der Waals surface area contributed by atoms with Crippen molar-refractivity contribution in [1.82, 2.24) is 0 Å². The van der Waals surface area contributed by atoms with Crippen LogP contribution in [0.3, 0.4) is 0 Å². The van der Waals surface area contributed by atoms with Crippen LogP contribution in [0.2, 0.25) is 0 Å². The molecule has 0 N–H and O–H groups in total. The SMILES string of the molecule is COCCOCCN1C(=CC=C2CCCC(C=CC3=[N+](CCOCCOC)c4ccc(SOO[O-])cc4C3(C)C)=C2Oc2ccc(N=C=S)cc2)C(C)(C)c2cc(S(=O)(=O)[O-])ccc21. The second kappa shape index (κ2) is 22.2. The number of thiocarbonyl (C=S) groups is 1. The maximum Gasteiger partial charge on any atom is 0.209 e. The number of allylic oxidation sites excluding steroid dienone is 7. The molecule has 0 saturated heterocycles. The maximum absolute atomic E-state index is 12.2. The minimum absolute atomic E-state index is 0.273. The van der Waals surface area contributed by atoms with Crippen molar-refractivity contribution < 1.29 is 55.9 Å². The Morgan fingerprint density at radius 3 is 2.30 bits per heavy atom. The number of rotatable bonds is 22. The summed E-state index contributed by atoms with van der Waals surface area (Å²) in [6, 6.07) is 17.8. The number of hydrogen-bond donors (Lipinski definition) is 0. The number of hydrogen-bond acceptors (Lipinski definition) is 15. The van der Waals surface area contributed by atoms with Gasteiger partial charge in [-0.3, -0.25) is 5.04 Å². The summed E-state index contributed by atoms with van der Waals surface area (Å²) in [5, 5.41) is 16.7. The highest BCUT2D eigenvalue weighted by Gasteiger charge is 2.45. The van der Waals surface area contributed by atoms with Gasteiger partial charge in [0.05, 0.1) is 66.2 Å². The molecule has 0 spiro atoms. The molecule has 3 aromatic carbocycles. The van der Waals surface area contributed by atoms with Gasteiger partial charge in [0.2, 0.25) is 5.69 Å². The summed E-state index contributed by atoms with van der Waals surface area (Å²) < 4.78 is 72.4. The third kappa shape index (κ3) is 11.5. The van der Waals surface area contributed by atoms with Gasteiger partial charge in [-0.15, -0.1) is 0 Å². The van der Waals surface area contributed by atoms with Crippen molar-refractivity contribution in [2.24, 2.45) is 4.99 Å². The highest BCUT2D eigenvalue weighted by Crippen LogP contribution is 2.49. The van der Waals surface area contributed by atoms with Gasteiger partial charge in [0.15, 0.2) is 12.3 Å². The van der Waals surface area contributed by atoms with Gasteiger partial charge in [0.1, 0.15) is 28.2 Å². The van der Waals surface area contributed by atoms with E-state index in [1.807, 2.05) is 56.3 Å². The van der Waals surface area contributed by atoms with Crippen LogP contribution in [0, 0.1) is 0 Å². The molecule has 6 rings (SSSR count). The third-order valence-corrected chi connectivity index (χ3v) is 13.0. The van der Waals surface area contributed by atoms with E-state index >= 15 is 0 Å². The zero-order valence-electron chi connectivity index (χ0n) is 36.9. The lowest BCUT2D eigenvalue weighted by Gasteiger charge is -2.27. The van der Waals surface area contributed by atoms with Crippen LogP contribution in [0.15, 0.2) is 122 Å². The fourth-order valence-electron chi connectivity index (χ4n) is 8.32. The highest BCUT2D eigenvalue weighted by molar-refractivity contribution is 7.94. The number of methoxy groups -OCH3 is 2. The number of isothiocyanates is 1. The van der Waals surface area contributed by atoms with Gasteiger partial charge in [-0.2, -0.15) is 13.9 Å². The van der Waals surface area contributed by atoms with Gasteiger partial charge < -0.3 is 38.4 Å². The van der Waals surface area contributed by atoms with E-state index in [2.05, 4.69) is 67.2 Å². The summed E-state index contributed by atoms with van der Waals surface area (Å²) in [6.07, 6.45) is 10.8. The summed E-state index contributed by atoms with van der Waals surface area (Å²) in [5.41, 5.74) is 7.03. The number of aliphatic imine (C=N–C) groups is 1. The van der Waals surface area contributed by atoms with E-state index in [1.165, 1.54) is 12.1 Å². The minimum Gasteiger partial charge on any atom is -0.744 e. The molecule has 0 saturated carbocycles. The summed E-state index contributed by atoms with van der Waals surface area (Å²) in [4.78, 5) is 6.68. The lowest BCUT2D eigenvalue weighted by atomic mass is 9.81. The molecule has 342 valence electrons. The first-order valence-electron chi connectivity index (χ1n) is 20.9. The lowest BCUT2D eigenvalue weighted by molar-refractivity contribution is -0.777. The monoisotopic (exact) mass is 932 g/mol. The Bertz CT molecular complexity index is 2470. The van der Waals surface area contributed by atoms with E-state index in [9.17, 15) is 18.2 Å². The Kier molecular flexibility index (Phi) is 17.1. The Labute approximate surface area is 385 Å². The van der Waals surface area contributed by atoms with Crippen LogP contribution in [-0.2, 0) is 49.3 Å². The second-order valence-corrected chi connectivity index (χ2v) is 18.6. The van der Waals surface area contributed by atoms with E-state index < -0.39 is 20.9 Å². The number of nitrogens with zero attached hydrogens (tertiary/aromatic N) is 3. The quantitative estimate of drug-likeness (QED) is 0.0139. The fourth-order valence-corrected chi connectivity index (χ4v) is 9.32. The summed E-state index contributed by atoms with van der Waals surface area (Å²) in [6.45, 7) is 12.1. The molecule has 0 fully saturated rings. The van der Waals surface area contributed by atoms with Crippen LogP contribution in [0.5, 0.6) is 5.75 Å². The Hall–Kier alpha value is -4.33. The van der Waals surface area contributed by atoms with Gasteiger partial charge >= 0.3 is 0 Å². The molecule has 0 aromatic heterocycles. The molecule has 17 heteroatoms. The van der Waals surface area contributed by atoms with E-state index in [4.69, 9.17) is 35.9 Å². The van der Waals surface area contributed by atoms with Crippen molar-refractivity contribution in [2.75, 3.05) is 71.9 Å². The molecule has 0 amide bonds. The molecule has 0 bridgehead atoms. The fraction of sp³-hybridized carbons (Fsp3) is 0.404. The van der Waals surface area contributed by atoms with Crippen molar-refractivity contribution in [1.29, 1.82) is 0 Å². The normalized spacial score (nSPS) is 18.0. The first kappa shape index (κ1) is 49.1. The number of benzene rings is 3. The smallest absolute Gasteiger partial charge is 0.209 e. The third-order valence-electron chi connectivity index (χ3n) is 11.5. The van der Waals surface area contributed by atoms with E-state index in [-0.39, 0.29) is 4.90 Å². The summed E-state index contributed by atoms with van der Waals surface area (Å²) in [5.74, 6) is 1.33. The van der Waals surface area contributed by atoms with Crippen LogP contribution in [0.25, 0.3) is 0 Å². The first-order valence-corrected chi connectivity index (χ1v) is 23.4. The Balaban J connectivity index is 1.44. The molecule has 0 radical (unpaired) electrons. The average Bonchev–Trinajstić information content (AvgIpc) is 3.61. The molecule has 1 aliphatic carbocycles. The molecular weight excluding hydrogens is 879 g/mol. The molecule has 0 atom stereocenters. The predicted molar refractivity (Wildman–Crippen MR) is 245 cm³/mol. The maximum atomic E-state index is 12.2. The standard InChI is InChI=1S/C47H55N3O11S3/c1-46(2)39-30-37(63-61-60-51)16-18-41(39)49(22-24-57-28-26-55-5)43(46)20-10-33-8-7-9-34(45(33)59-36-14-12-35(13-15-36)48-32-62)11-21-44-47(3,4)40-31-38(64(52,53)54)17-19-42(40)50(44)23-25-58-29-27-56-6/h10-21,30-31H,7-9,22-29H2,1-6H3,(H-,51,52,53,54)/p-1. The van der Waals surface area contributed by atoms with Gasteiger partial charge in [-0.25, -0.2) is 8.42 Å². The molecule has 14 nitrogen and oxygen atoms in total. The number of ether oxygens (including phenoxy) is 5. The molecule has 2 heterocycles. The van der Waals surface area contributed by atoms with Gasteiger partial charge in [-0.05, 0) is 129 Å². The predicted octanol–water partition coefficient (Wildman–Crippen LogP) is 7.94. The van der Waals surface area contributed by atoms with Crippen molar-refractivity contribution in [3.05, 3.63) is 119 Å². The first-order chi connectivity index (χ1) is 30.7. The highest BCUT2D eigenvalue weighted by atomic mass is 32.2. The Morgan fingerprint density at radius 1 is 0.875 bits per heavy atom. The number of fused-ring (bicyclic) bond motifs is 2. The minimum atomic E-state index is -4.69. The Morgan fingerprint density at radius 2 is 1.61 bits per heavy atom. The molecule has 0 unspecified atom stereocenters. The van der Waals surface area contributed by atoms with Crippen LogP contribution < -0.4 is 14.9 Å². The van der Waals surface area contributed by atoms with Gasteiger partial charge in [0, 0.05) is 60.2 Å². The summed E-state index contributed by atoms with van der Waals surface area (Å²) >= 11 is 5.68. The lowest BCUT2D eigenvalue weighted by Crippen LogP contribution is -2.29. The van der Waals surface area contributed by atoms with E-state index in [0.29, 0.717) is 69.9 Å². The molecule has 3 aromatic rings. The van der Waals surface area contributed by atoms with Gasteiger partial charge in [-0.1, -0.05) is 19.9 Å². The van der Waals surface area contributed by atoms with Crippen molar-refractivity contribution in [2.45, 2.75) is 67.6 Å². The van der Waals surface area contributed by atoms with E-state index in [1.54, 1.807) is 20.3 Å². The summed E-state index contributed by atoms with van der Waals surface area (Å²) in [7, 11) is -1.42. The largest absolute Gasteiger partial charge is 0.744 e. The van der Waals surface area contributed by atoms with Gasteiger partial charge in [0.25, 0.3) is 0 Å². The van der Waals surface area contributed by atoms with Crippen molar-refractivity contribution in [3.8, 4) is 5.75 Å². The van der Waals surface area contributed by atoms with Crippen molar-refractivity contribution >= 4 is 62.3 Å². The molecular formula is C47H54N3O11S3-. The zero-order chi connectivity index (χ0) is 45.9. The van der Waals surface area contributed by atoms with E-state index in [0.717, 1.165) is 81.3 Å². The second-order valence-electron chi connectivity index (χ2n) is 16.3. The van der Waals surface area contributed by atoms with Crippen LogP contribution in [0.4, 0.5) is 17.1 Å². The van der Waals surface area contributed by atoms with Crippen LogP contribution in [-0.4, -0.2) is 95.4 Å². The molecule has 64 heavy (non-hydrogen) atoms. The van der Waals surface area contributed by atoms with Crippen LogP contribution >= 0.6 is 24.3 Å². The van der Waals surface area contributed by atoms with Crippen molar-refractivity contribution in [3.63, 3.8) is 0 Å². The number of anilines is 1. The zero-order valence-corrected chi connectivity index (χ0v) is 39.4. The topological polar surface area (TPSA) is 163 Å². The average molecular weight is 933 g/mol.